The molecular weight excluding hydrogens is 234 g/mol. The number of nitrogens with one attached hydrogen (secondary N) is 1. The molecule has 19 heavy (non-hydrogen) atoms. The summed E-state index contributed by atoms with van der Waals surface area (Å²) in [4.78, 5) is 0. The second-order valence-corrected chi connectivity index (χ2v) is 5.55. The van der Waals surface area contributed by atoms with Crippen LogP contribution < -0.4 is 5.32 Å². The van der Waals surface area contributed by atoms with Crippen molar-refractivity contribution in [1.29, 1.82) is 0 Å². The highest BCUT2D eigenvalue weighted by atomic mass is 16.5. The molecule has 0 aliphatic heterocycles. The fourth-order valence-electron chi connectivity index (χ4n) is 2.86. The molecule has 0 aromatic heterocycles. The number of hydrogen-bond acceptors (Lipinski definition) is 2. The Morgan fingerprint density at radius 1 is 1.21 bits per heavy atom. The average Bonchev–Trinajstić information content (AvgIpc) is 2.89. The van der Waals surface area contributed by atoms with Crippen molar-refractivity contribution in [3.63, 3.8) is 0 Å². The van der Waals surface area contributed by atoms with E-state index in [0.717, 1.165) is 32.5 Å². The van der Waals surface area contributed by atoms with Crippen LogP contribution in [0, 0.1) is 0 Å². The normalized spacial score (nSPS) is 15.5. The fourth-order valence-corrected chi connectivity index (χ4v) is 2.86. The molecule has 0 radical (unpaired) electrons. The average molecular weight is 261 g/mol. The number of benzene rings is 1. The van der Waals surface area contributed by atoms with E-state index in [1.807, 2.05) is 0 Å². The fraction of sp³-hybridized carbons (Fsp3) is 0.647. The lowest BCUT2D eigenvalue weighted by atomic mass is 9.99. The Hall–Kier alpha value is -0.860. The van der Waals surface area contributed by atoms with E-state index < -0.39 is 0 Å². The van der Waals surface area contributed by atoms with Gasteiger partial charge in [0.15, 0.2) is 0 Å². The summed E-state index contributed by atoms with van der Waals surface area (Å²) in [5.74, 6) is 0. The highest BCUT2D eigenvalue weighted by Gasteiger charge is 2.13. The monoisotopic (exact) mass is 261 g/mol. The van der Waals surface area contributed by atoms with E-state index in [2.05, 4.69) is 37.5 Å². The van der Waals surface area contributed by atoms with Crippen molar-refractivity contribution < 1.29 is 4.74 Å². The van der Waals surface area contributed by atoms with Gasteiger partial charge in [-0.3, -0.25) is 0 Å². The third-order valence-electron chi connectivity index (χ3n) is 4.01. The third kappa shape index (κ3) is 4.32. The summed E-state index contributed by atoms with van der Waals surface area (Å²) in [5.41, 5.74) is 4.61. The topological polar surface area (TPSA) is 21.3 Å². The molecule has 0 spiro atoms. The lowest BCUT2D eigenvalue weighted by Gasteiger charge is -2.17. The van der Waals surface area contributed by atoms with Crippen molar-refractivity contribution in [2.24, 2.45) is 0 Å². The Morgan fingerprint density at radius 3 is 2.84 bits per heavy atom. The molecular formula is C17H27NO. The van der Waals surface area contributed by atoms with Crippen molar-refractivity contribution in [3.8, 4) is 0 Å². The Bertz CT molecular complexity index is 389. The van der Waals surface area contributed by atoms with Crippen molar-refractivity contribution >= 4 is 0 Å². The van der Waals surface area contributed by atoms with Gasteiger partial charge in [0, 0.05) is 19.3 Å². The predicted octanol–water partition coefficient (Wildman–Crippen LogP) is 3.12. The van der Waals surface area contributed by atoms with E-state index >= 15 is 0 Å². The zero-order chi connectivity index (χ0) is 13.5. The molecule has 0 fully saturated rings. The minimum absolute atomic E-state index is 0.524. The van der Waals surface area contributed by atoms with Gasteiger partial charge in [-0.15, -0.1) is 0 Å². The van der Waals surface area contributed by atoms with Crippen molar-refractivity contribution in [3.05, 3.63) is 34.9 Å². The van der Waals surface area contributed by atoms with Gasteiger partial charge in [0.1, 0.15) is 0 Å². The van der Waals surface area contributed by atoms with Crippen LogP contribution in [-0.2, 0) is 24.0 Å². The van der Waals surface area contributed by atoms with Crippen LogP contribution in [0.15, 0.2) is 18.2 Å². The summed E-state index contributed by atoms with van der Waals surface area (Å²) in [7, 11) is 2.05. The summed E-state index contributed by atoms with van der Waals surface area (Å²) >= 11 is 0. The number of hydrogen-bond donors (Lipinski definition) is 1. The Kier molecular flexibility index (Phi) is 5.87. The van der Waals surface area contributed by atoms with Crippen LogP contribution >= 0.6 is 0 Å². The van der Waals surface area contributed by atoms with E-state index in [0.29, 0.717) is 6.04 Å². The van der Waals surface area contributed by atoms with Gasteiger partial charge < -0.3 is 10.1 Å². The molecule has 0 saturated heterocycles. The molecule has 1 unspecified atom stereocenters. The van der Waals surface area contributed by atoms with Crippen LogP contribution in [0.1, 0.15) is 42.9 Å². The largest absolute Gasteiger partial charge is 0.381 e. The second kappa shape index (κ2) is 7.66. The number of fused-ring (bicyclic) bond motifs is 1. The van der Waals surface area contributed by atoms with Crippen molar-refractivity contribution in [2.75, 3.05) is 20.3 Å². The zero-order valence-electron chi connectivity index (χ0n) is 12.4. The highest BCUT2D eigenvalue weighted by Crippen LogP contribution is 2.23. The lowest BCUT2D eigenvalue weighted by molar-refractivity contribution is 0.125. The first-order chi connectivity index (χ1) is 9.33. The van der Waals surface area contributed by atoms with E-state index in [1.165, 1.54) is 24.8 Å². The first kappa shape index (κ1) is 14.5. The molecule has 1 aromatic rings. The maximum Gasteiger partial charge on any atom is 0.0480 e. The molecule has 0 bridgehead atoms. The number of rotatable bonds is 8. The van der Waals surface area contributed by atoms with Crippen LogP contribution in [-0.4, -0.2) is 26.3 Å². The van der Waals surface area contributed by atoms with Crippen LogP contribution in [0.25, 0.3) is 0 Å². The van der Waals surface area contributed by atoms with Gasteiger partial charge in [0.25, 0.3) is 0 Å². The van der Waals surface area contributed by atoms with Gasteiger partial charge in [0.05, 0.1) is 0 Å². The third-order valence-corrected chi connectivity index (χ3v) is 4.01. The van der Waals surface area contributed by atoms with E-state index in [-0.39, 0.29) is 0 Å². The molecule has 106 valence electrons. The maximum absolute atomic E-state index is 5.59. The van der Waals surface area contributed by atoms with Gasteiger partial charge in [-0.1, -0.05) is 25.1 Å². The molecule has 1 aliphatic carbocycles. The van der Waals surface area contributed by atoms with Gasteiger partial charge >= 0.3 is 0 Å². The SMILES string of the molecule is CCCOCCC(Cc1ccc2c(c1)CCC2)NC. The van der Waals surface area contributed by atoms with Gasteiger partial charge in [0.2, 0.25) is 0 Å². The molecule has 2 rings (SSSR count). The molecule has 0 saturated carbocycles. The molecule has 1 atom stereocenters. The van der Waals surface area contributed by atoms with Crippen LogP contribution in [0.5, 0.6) is 0 Å². The maximum atomic E-state index is 5.59. The Balaban J connectivity index is 1.84. The molecule has 0 heterocycles. The van der Waals surface area contributed by atoms with Crippen molar-refractivity contribution in [2.45, 2.75) is 51.5 Å². The van der Waals surface area contributed by atoms with Gasteiger partial charge in [-0.25, -0.2) is 0 Å². The Labute approximate surface area is 117 Å². The zero-order valence-corrected chi connectivity index (χ0v) is 12.4. The first-order valence-corrected chi connectivity index (χ1v) is 7.69. The molecule has 1 aromatic carbocycles. The standard InChI is InChI=1S/C17H27NO/c1-3-10-19-11-9-17(18-2)13-14-7-8-15-5-4-6-16(15)12-14/h7-8,12,17-18H,3-6,9-11,13H2,1-2H3. The van der Waals surface area contributed by atoms with Gasteiger partial charge in [-0.2, -0.15) is 0 Å². The minimum atomic E-state index is 0.524. The molecule has 0 amide bonds. The van der Waals surface area contributed by atoms with Crippen LogP contribution in [0.3, 0.4) is 0 Å². The molecule has 1 aliphatic rings. The first-order valence-electron chi connectivity index (χ1n) is 7.69. The van der Waals surface area contributed by atoms with E-state index in [4.69, 9.17) is 4.74 Å². The number of aryl methyl sites for hydroxylation is 2. The lowest BCUT2D eigenvalue weighted by Crippen LogP contribution is -2.29. The van der Waals surface area contributed by atoms with Gasteiger partial charge in [-0.05, 0) is 62.3 Å². The van der Waals surface area contributed by atoms with E-state index in [9.17, 15) is 0 Å². The quantitative estimate of drug-likeness (QED) is 0.726. The summed E-state index contributed by atoms with van der Waals surface area (Å²) < 4.78 is 5.59. The summed E-state index contributed by atoms with van der Waals surface area (Å²) in [6.07, 6.45) is 7.18. The predicted molar refractivity (Wildman–Crippen MR) is 80.7 cm³/mol. The smallest absolute Gasteiger partial charge is 0.0480 e. The van der Waals surface area contributed by atoms with Crippen LogP contribution in [0.2, 0.25) is 0 Å². The molecule has 2 heteroatoms. The summed E-state index contributed by atoms with van der Waals surface area (Å²) in [6, 6.07) is 7.58. The summed E-state index contributed by atoms with van der Waals surface area (Å²) in [5, 5.41) is 3.42. The van der Waals surface area contributed by atoms with E-state index in [1.54, 1.807) is 11.1 Å². The number of likely N-dealkylation sites (N-methyl/N-ethyl adjacent to an activating group) is 1. The summed E-state index contributed by atoms with van der Waals surface area (Å²) in [6.45, 7) is 3.90. The second-order valence-electron chi connectivity index (χ2n) is 5.55. The molecule has 2 nitrogen and oxygen atoms in total. The number of ether oxygens (including phenoxy) is 1. The van der Waals surface area contributed by atoms with Crippen molar-refractivity contribution in [1.82, 2.24) is 5.32 Å². The minimum Gasteiger partial charge on any atom is -0.381 e. The highest BCUT2D eigenvalue weighted by molar-refractivity contribution is 5.35. The molecule has 1 N–H and O–H groups in total. The van der Waals surface area contributed by atoms with Crippen LogP contribution in [0.4, 0.5) is 0 Å². The Morgan fingerprint density at radius 2 is 2.05 bits per heavy atom.